The molecule has 0 aromatic carbocycles. The van der Waals surface area contributed by atoms with Crippen molar-refractivity contribution in [3.05, 3.63) is 21.0 Å². The number of aryl methyl sites for hydroxylation is 1. The lowest BCUT2D eigenvalue weighted by molar-refractivity contribution is 0.0694. The second-order valence-electron chi connectivity index (χ2n) is 2.00. The molecular weight excluding hydrogens is 259 g/mol. The summed E-state index contributed by atoms with van der Waals surface area (Å²) in [6.07, 6.45) is 1.44. The van der Waals surface area contributed by atoms with Gasteiger partial charge in [0, 0.05) is 0 Å². The van der Waals surface area contributed by atoms with Crippen molar-refractivity contribution in [1.82, 2.24) is 10.2 Å². The zero-order valence-electron chi connectivity index (χ0n) is 5.71. The fraction of sp³-hybridized carbons (Fsp3) is 0.167. The van der Waals surface area contributed by atoms with Crippen LogP contribution < -0.4 is 0 Å². The van der Waals surface area contributed by atoms with Gasteiger partial charge < -0.3 is 5.11 Å². The summed E-state index contributed by atoms with van der Waals surface area (Å²) in [5.74, 6) is -0.957. The van der Waals surface area contributed by atoms with Crippen molar-refractivity contribution in [1.29, 1.82) is 0 Å². The largest absolute Gasteiger partial charge is 0.478 e. The van der Waals surface area contributed by atoms with Gasteiger partial charge in [-0.05, 0) is 35.1 Å². The molecule has 58 valence electrons. The van der Waals surface area contributed by atoms with Crippen molar-refractivity contribution in [3.8, 4) is 0 Å². The van der Waals surface area contributed by atoms with Gasteiger partial charge in [0.05, 0.1) is 11.8 Å². The third-order valence-electron chi connectivity index (χ3n) is 1.21. The van der Waals surface area contributed by atoms with E-state index < -0.39 is 5.97 Å². The van der Waals surface area contributed by atoms with E-state index in [1.807, 2.05) is 22.6 Å². The number of carbonyl (C=O) groups is 1. The fourth-order valence-corrected chi connectivity index (χ4v) is 1.48. The van der Waals surface area contributed by atoms with Crippen molar-refractivity contribution in [2.75, 3.05) is 0 Å². The number of rotatable bonds is 1. The van der Waals surface area contributed by atoms with Crippen LogP contribution in [0.5, 0.6) is 0 Å². The number of carboxylic acid groups (broad SMARTS) is 1. The SMILES string of the molecule is Cc1cnnc(I)c1C(=O)O. The Labute approximate surface area is 76.8 Å². The van der Waals surface area contributed by atoms with Crippen LogP contribution in [0.3, 0.4) is 0 Å². The monoisotopic (exact) mass is 264 g/mol. The van der Waals surface area contributed by atoms with Crippen LogP contribution in [0.15, 0.2) is 6.20 Å². The Morgan fingerprint density at radius 1 is 1.73 bits per heavy atom. The Balaban J connectivity index is 3.32. The molecule has 0 aliphatic rings. The summed E-state index contributed by atoms with van der Waals surface area (Å²) >= 11 is 1.85. The molecule has 0 saturated carbocycles. The summed E-state index contributed by atoms with van der Waals surface area (Å²) in [6, 6.07) is 0. The zero-order valence-corrected chi connectivity index (χ0v) is 7.86. The maximum atomic E-state index is 10.6. The van der Waals surface area contributed by atoms with E-state index in [0.29, 0.717) is 9.26 Å². The van der Waals surface area contributed by atoms with Gasteiger partial charge in [-0.3, -0.25) is 0 Å². The summed E-state index contributed by atoms with van der Waals surface area (Å²) in [7, 11) is 0. The van der Waals surface area contributed by atoms with Crippen LogP contribution in [0.4, 0.5) is 0 Å². The molecule has 1 heterocycles. The van der Waals surface area contributed by atoms with Gasteiger partial charge in [-0.15, -0.1) is 5.10 Å². The van der Waals surface area contributed by atoms with E-state index >= 15 is 0 Å². The molecule has 1 rings (SSSR count). The Kier molecular flexibility index (Phi) is 2.38. The number of nitrogens with zero attached hydrogens (tertiary/aromatic N) is 2. The van der Waals surface area contributed by atoms with E-state index in [9.17, 15) is 4.79 Å². The minimum Gasteiger partial charge on any atom is -0.478 e. The van der Waals surface area contributed by atoms with E-state index in [1.165, 1.54) is 6.20 Å². The van der Waals surface area contributed by atoms with Crippen LogP contribution >= 0.6 is 22.6 Å². The van der Waals surface area contributed by atoms with Gasteiger partial charge in [-0.1, -0.05) is 0 Å². The molecule has 0 fully saturated rings. The molecule has 0 amide bonds. The highest BCUT2D eigenvalue weighted by molar-refractivity contribution is 14.1. The van der Waals surface area contributed by atoms with Gasteiger partial charge in [0.25, 0.3) is 0 Å². The molecule has 0 saturated heterocycles. The molecule has 0 spiro atoms. The van der Waals surface area contributed by atoms with Crippen LogP contribution in [-0.4, -0.2) is 21.3 Å². The van der Waals surface area contributed by atoms with Crippen LogP contribution in [-0.2, 0) is 0 Å². The number of hydrogen-bond acceptors (Lipinski definition) is 3. The Morgan fingerprint density at radius 2 is 2.36 bits per heavy atom. The number of aromatic carboxylic acids is 1. The third-order valence-corrected chi connectivity index (χ3v) is 1.97. The van der Waals surface area contributed by atoms with E-state index in [-0.39, 0.29) is 5.56 Å². The molecule has 0 atom stereocenters. The Hall–Kier alpha value is -0.720. The number of carboxylic acids is 1. The molecule has 0 unspecified atom stereocenters. The lowest BCUT2D eigenvalue weighted by Gasteiger charge is -1.98. The van der Waals surface area contributed by atoms with Gasteiger partial charge in [0.1, 0.15) is 3.70 Å². The molecule has 11 heavy (non-hydrogen) atoms. The molecule has 0 bridgehead atoms. The predicted octanol–water partition coefficient (Wildman–Crippen LogP) is 1.09. The molecule has 1 aromatic rings. The zero-order chi connectivity index (χ0) is 8.43. The number of hydrogen-bond donors (Lipinski definition) is 1. The van der Waals surface area contributed by atoms with E-state index in [2.05, 4.69) is 10.2 Å². The summed E-state index contributed by atoms with van der Waals surface area (Å²) in [5.41, 5.74) is 0.873. The fourth-order valence-electron chi connectivity index (χ4n) is 0.700. The van der Waals surface area contributed by atoms with Gasteiger partial charge in [-0.25, -0.2) is 4.79 Å². The highest BCUT2D eigenvalue weighted by Gasteiger charge is 2.12. The Bertz CT molecular complexity index is 280. The summed E-state index contributed by atoms with van der Waals surface area (Å²) < 4.78 is 0.426. The first-order valence-corrected chi connectivity index (χ1v) is 3.92. The third kappa shape index (κ3) is 1.65. The second-order valence-corrected chi connectivity index (χ2v) is 3.02. The lowest BCUT2D eigenvalue weighted by atomic mass is 10.2. The number of halogens is 1. The van der Waals surface area contributed by atoms with Crippen LogP contribution in [0.2, 0.25) is 0 Å². The van der Waals surface area contributed by atoms with Crippen LogP contribution in [0.1, 0.15) is 15.9 Å². The maximum absolute atomic E-state index is 10.6. The van der Waals surface area contributed by atoms with E-state index in [0.717, 1.165) is 0 Å². The number of aromatic nitrogens is 2. The molecule has 0 aliphatic heterocycles. The van der Waals surface area contributed by atoms with Crippen LogP contribution in [0.25, 0.3) is 0 Å². The smallest absolute Gasteiger partial charge is 0.338 e. The molecule has 4 nitrogen and oxygen atoms in total. The van der Waals surface area contributed by atoms with Crippen molar-refractivity contribution < 1.29 is 9.90 Å². The minimum absolute atomic E-state index is 0.237. The Morgan fingerprint density at radius 3 is 2.73 bits per heavy atom. The van der Waals surface area contributed by atoms with Crippen molar-refractivity contribution in [2.24, 2.45) is 0 Å². The molecule has 5 heteroatoms. The molecule has 1 N–H and O–H groups in total. The van der Waals surface area contributed by atoms with Gasteiger partial charge >= 0.3 is 5.97 Å². The lowest BCUT2D eigenvalue weighted by Crippen LogP contribution is -2.05. The highest BCUT2D eigenvalue weighted by Crippen LogP contribution is 2.11. The molecular formula is C6H5IN2O2. The standard InChI is InChI=1S/C6H5IN2O2/c1-3-2-8-9-5(7)4(3)6(10)11/h2H,1H3,(H,10,11). The van der Waals surface area contributed by atoms with Crippen LogP contribution in [0, 0.1) is 10.6 Å². The average Bonchev–Trinajstić information content (AvgIpc) is 1.85. The van der Waals surface area contributed by atoms with E-state index in [1.54, 1.807) is 6.92 Å². The topological polar surface area (TPSA) is 63.1 Å². The van der Waals surface area contributed by atoms with Gasteiger partial charge in [0.2, 0.25) is 0 Å². The molecule has 1 aromatic heterocycles. The van der Waals surface area contributed by atoms with Crippen molar-refractivity contribution in [2.45, 2.75) is 6.92 Å². The second kappa shape index (κ2) is 3.12. The first kappa shape index (κ1) is 8.38. The highest BCUT2D eigenvalue weighted by atomic mass is 127. The van der Waals surface area contributed by atoms with Crippen molar-refractivity contribution >= 4 is 28.6 Å². The molecule has 0 aliphatic carbocycles. The summed E-state index contributed by atoms with van der Waals surface area (Å²) in [5, 5.41) is 15.9. The maximum Gasteiger partial charge on any atom is 0.338 e. The average molecular weight is 264 g/mol. The minimum atomic E-state index is -0.957. The molecule has 0 radical (unpaired) electrons. The normalized spacial score (nSPS) is 9.64. The predicted molar refractivity (Wildman–Crippen MR) is 46.4 cm³/mol. The van der Waals surface area contributed by atoms with Gasteiger partial charge in [-0.2, -0.15) is 5.10 Å². The van der Waals surface area contributed by atoms with Crippen molar-refractivity contribution in [3.63, 3.8) is 0 Å². The van der Waals surface area contributed by atoms with E-state index in [4.69, 9.17) is 5.11 Å². The summed E-state index contributed by atoms with van der Waals surface area (Å²) in [6.45, 7) is 1.69. The quantitative estimate of drug-likeness (QED) is 0.771. The first-order valence-electron chi connectivity index (χ1n) is 2.84. The summed E-state index contributed by atoms with van der Waals surface area (Å²) in [4.78, 5) is 10.6. The first-order chi connectivity index (χ1) is 5.13. The van der Waals surface area contributed by atoms with Gasteiger partial charge in [0.15, 0.2) is 0 Å².